The summed E-state index contributed by atoms with van der Waals surface area (Å²) in [6.07, 6.45) is 1.64. The summed E-state index contributed by atoms with van der Waals surface area (Å²) in [5.74, 6) is 0.296. The molecule has 1 aromatic carbocycles. The molecule has 6 heteroatoms. The maximum absolute atomic E-state index is 6.04. The van der Waals surface area contributed by atoms with Gasteiger partial charge in [0.2, 0.25) is 0 Å². The van der Waals surface area contributed by atoms with Crippen molar-refractivity contribution in [3.05, 3.63) is 45.0 Å². The van der Waals surface area contributed by atoms with Gasteiger partial charge in [-0.1, -0.05) is 40.9 Å². The highest BCUT2D eigenvalue weighted by molar-refractivity contribution is 6.36. The highest BCUT2D eigenvalue weighted by Crippen LogP contribution is 2.26. The van der Waals surface area contributed by atoms with Gasteiger partial charge in [-0.25, -0.2) is 0 Å². The molecule has 0 aliphatic rings. The molecule has 3 nitrogen and oxygen atoms in total. The molecule has 16 heavy (non-hydrogen) atoms. The Balaban J connectivity index is 2.33. The molecule has 0 fully saturated rings. The molecule has 0 saturated carbocycles. The summed E-state index contributed by atoms with van der Waals surface area (Å²) >= 11 is 17.9. The molecular formula is C10H8Cl3N3. The Hall–Kier alpha value is -0.900. The molecule has 0 saturated heterocycles. The summed E-state index contributed by atoms with van der Waals surface area (Å²) in [4.78, 5) is 0. The molecule has 2 N–H and O–H groups in total. The Morgan fingerprint density at radius 1 is 1.12 bits per heavy atom. The van der Waals surface area contributed by atoms with Gasteiger partial charge in [-0.15, -0.1) is 0 Å². The Morgan fingerprint density at radius 2 is 1.75 bits per heavy atom. The number of nitrogens with two attached hydrogens (primary N) is 1. The molecule has 84 valence electrons. The van der Waals surface area contributed by atoms with Crippen molar-refractivity contribution in [3.8, 4) is 0 Å². The number of anilines is 1. The van der Waals surface area contributed by atoms with E-state index in [-0.39, 0.29) is 0 Å². The lowest BCUT2D eigenvalue weighted by Crippen LogP contribution is -2.02. The van der Waals surface area contributed by atoms with E-state index in [1.54, 1.807) is 29.1 Å². The number of aromatic nitrogens is 2. The van der Waals surface area contributed by atoms with E-state index >= 15 is 0 Å². The first-order valence-corrected chi connectivity index (χ1v) is 5.62. The van der Waals surface area contributed by atoms with Gasteiger partial charge in [0.1, 0.15) is 5.02 Å². The third kappa shape index (κ3) is 2.26. The van der Waals surface area contributed by atoms with E-state index in [2.05, 4.69) is 5.10 Å². The van der Waals surface area contributed by atoms with E-state index in [1.807, 2.05) is 0 Å². The predicted octanol–water partition coefficient (Wildman–Crippen LogP) is 3.47. The van der Waals surface area contributed by atoms with Gasteiger partial charge >= 0.3 is 0 Å². The Bertz CT molecular complexity index is 482. The minimum atomic E-state index is 0.296. The summed E-state index contributed by atoms with van der Waals surface area (Å²) < 4.78 is 1.60. The molecule has 0 unspecified atom stereocenters. The molecule has 2 aromatic rings. The molecular weight excluding hydrogens is 268 g/mol. The van der Waals surface area contributed by atoms with Gasteiger partial charge in [-0.3, -0.25) is 4.68 Å². The van der Waals surface area contributed by atoms with Crippen molar-refractivity contribution in [3.63, 3.8) is 0 Å². The van der Waals surface area contributed by atoms with Gasteiger partial charge < -0.3 is 5.73 Å². The summed E-state index contributed by atoms with van der Waals surface area (Å²) in [5.41, 5.74) is 6.34. The van der Waals surface area contributed by atoms with Crippen LogP contribution in [0.25, 0.3) is 0 Å². The summed E-state index contributed by atoms with van der Waals surface area (Å²) in [7, 11) is 0. The maximum Gasteiger partial charge on any atom is 0.164 e. The largest absolute Gasteiger partial charge is 0.381 e. The van der Waals surface area contributed by atoms with Gasteiger partial charge in [0.05, 0.1) is 6.54 Å². The molecule has 0 amide bonds. The minimum Gasteiger partial charge on any atom is -0.381 e. The standard InChI is InChI=1S/C10H8Cl3N3/c11-7-2-1-3-8(12)6(7)4-16-5-9(13)10(14)15-16/h1-3,5H,4H2,(H2,14,15). The van der Waals surface area contributed by atoms with Crippen LogP contribution in [0.1, 0.15) is 5.56 Å². The second kappa shape index (κ2) is 4.53. The number of halogens is 3. The normalized spacial score (nSPS) is 10.7. The molecule has 0 bridgehead atoms. The van der Waals surface area contributed by atoms with Crippen LogP contribution in [0.15, 0.2) is 24.4 Å². The molecule has 0 aliphatic carbocycles. The SMILES string of the molecule is Nc1nn(Cc2c(Cl)cccc2Cl)cc1Cl. The zero-order chi connectivity index (χ0) is 11.7. The highest BCUT2D eigenvalue weighted by atomic mass is 35.5. The molecule has 2 rings (SSSR count). The van der Waals surface area contributed by atoms with Crippen LogP contribution < -0.4 is 5.73 Å². The molecule has 0 aliphatic heterocycles. The summed E-state index contributed by atoms with van der Waals surface area (Å²) in [6.45, 7) is 0.440. The third-order valence-electron chi connectivity index (χ3n) is 2.13. The minimum absolute atomic E-state index is 0.296. The molecule has 1 aromatic heterocycles. The first-order valence-electron chi connectivity index (χ1n) is 4.49. The fourth-order valence-electron chi connectivity index (χ4n) is 1.34. The van der Waals surface area contributed by atoms with Crippen molar-refractivity contribution >= 4 is 40.6 Å². The van der Waals surface area contributed by atoms with Gasteiger partial charge in [0.25, 0.3) is 0 Å². The van der Waals surface area contributed by atoms with Crippen LogP contribution >= 0.6 is 34.8 Å². The Labute approximate surface area is 108 Å². The first-order chi connectivity index (χ1) is 7.58. The van der Waals surface area contributed by atoms with Crippen LogP contribution in [0.2, 0.25) is 15.1 Å². The van der Waals surface area contributed by atoms with Crippen LogP contribution in [0, 0.1) is 0 Å². The van der Waals surface area contributed by atoms with Crippen molar-refractivity contribution in [2.45, 2.75) is 6.54 Å². The van der Waals surface area contributed by atoms with Crippen molar-refractivity contribution < 1.29 is 0 Å². The van der Waals surface area contributed by atoms with Crippen molar-refractivity contribution in [1.82, 2.24) is 9.78 Å². The lowest BCUT2D eigenvalue weighted by molar-refractivity contribution is 0.690. The highest BCUT2D eigenvalue weighted by Gasteiger charge is 2.08. The monoisotopic (exact) mass is 275 g/mol. The summed E-state index contributed by atoms with van der Waals surface area (Å²) in [5, 5.41) is 5.64. The number of rotatable bonds is 2. The second-order valence-corrected chi connectivity index (χ2v) is 4.48. The van der Waals surface area contributed by atoms with Crippen molar-refractivity contribution in [2.24, 2.45) is 0 Å². The van der Waals surface area contributed by atoms with E-state index in [0.29, 0.717) is 27.4 Å². The zero-order valence-electron chi connectivity index (χ0n) is 8.12. The van der Waals surface area contributed by atoms with Gasteiger partial charge in [-0.2, -0.15) is 5.10 Å². The van der Waals surface area contributed by atoms with Gasteiger partial charge in [0, 0.05) is 21.8 Å². The second-order valence-electron chi connectivity index (χ2n) is 3.26. The molecule has 0 atom stereocenters. The number of nitrogen functional groups attached to an aromatic ring is 1. The third-order valence-corrected chi connectivity index (χ3v) is 3.12. The van der Waals surface area contributed by atoms with Crippen LogP contribution in [-0.2, 0) is 6.54 Å². The quantitative estimate of drug-likeness (QED) is 0.912. The number of nitrogens with zero attached hydrogens (tertiary/aromatic N) is 2. The zero-order valence-corrected chi connectivity index (χ0v) is 10.4. The van der Waals surface area contributed by atoms with E-state index in [1.165, 1.54) is 0 Å². The van der Waals surface area contributed by atoms with Crippen LogP contribution in [0.5, 0.6) is 0 Å². The number of benzene rings is 1. The predicted molar refractivity (Wildman–Crippen MR) is 67.2 cm³/mol. The molecule has 0 radical (unpaired) electrons. The fraction of sp³-hybridized carbons (Fsp3) is 0.100. The van der Waals surface area contributed by atoms with E-state index in [0.717, 1.165) is 5.56 Å². The van der Waals surface area contributed by atoms with Crippen LogP contribution in [0.3, 0.4) is 0 Å². The average molecular weight is 277 g/mol. The Morgan fingerprint density at radius 3 is 2.25 bits per heavy atom. The first kappa shape index (κ1) is 11.6. The van der Waals surface area contributed by atoms with Crippen LogP contribution in [0.4, 0.5) is 5.82 Å². The van der Waals surface area contributed by atoms with Gasteiger partial charge in [0.15, 0.2) is 5.82 Å². The fourth-order valence-corrected chi connectivity index (χ4v) is 2.01. The maximum atomic E-state index is 6.04. The van der Waals surface area contributed by atoms with Crippen molar-refractivity contribution in [1.29, 1.82) is 0 Å². The van der Waals surface area contributed by atoms with Crippen LogP contribution in [-0.4, -0.2) is 9.78 Å². The number of hydrogen-bond donors (Lipinski definition) is 1. The smallest absolute Gasteiger partial charge is 0.164 e. The Kier molecular flexibility index (Phi) is 3.28. The van der Waals surface area contributed by atoms with Crippen molar-refractivity contribution in [2.75, 3.05) is 5.73 Å². The van der Waals surface area contributed by atoms with E-state index in [9.17, 15) is 0 Å². The van der Waals surface area contributed by atoms with Gasteiger partial charge in [-0.05, 0) is 12.1 Å². The molecule has 1 heterocycles. The summed E-state index contributed by atoms with van der Waals surface area (Å²) in [6, 6.07) is 5.34. The van der Waals surface area contributed by atoms with E-state index < -0.39 is 0 Å². The number of hydrogen-bond acceptors (Lipinski definition) is 2. The van der Waals surface area contributed by atoms with E-state index in [4.69, 9.17) is 40.5 Å². The molecule has 0 spiro atoms. The lowest BCUT2D eigenvalue weighted by atomic mass is 10.2. The topological polar surface area (TPSA) is 43.8 Å². The lowest BCUT2D eigenvalue weighted by Gasteiger charge is -2.06. The average Bonchev–Trinajstić information content (AvgIpc) is 2.53.